The lowest BCUT2D eigenvalue weighted by molar-refractivity contribution is -0.116. The van der Waals surface area contributed by atoms with E-state index in [-0.39, 0.29) is 23.8 Å². The lowest BCUT2D eigenvalue weighted by Crippen LogP contribution is -2.28. The highest BCUT2D eigenvalue weighted by Crippen LogP contribution is 2.19. The number of tetrazole rings is 1. The smallest absolute Gasteiger partial charge is 0.242 e. The lowest BCUT2D eigenvalue weighted by Gasteiger charge is -2.17. The van der Waals surface area contributed by atoms with Gasteiger partial charge in [-0.2, -0.15) is 0 Å². The fraction of sp³-hybridized carbons (Fsp3) is 0.263. The van der Waals surface area contributed by atoms with E-state index in [1.165, 1.54) is 41.6 Å². The first-order valence-corrected chi connectivity index (χ1v) is 10.6. The standard InChI is InChI=1S/C19H22N6O4S/c1-24(30(27,28)18-11-9-17(29-2)10-12-18)13-3-4-19(26)21-15-5-7-16(8-6-15)25-14-20-22-23-25/h5-12,14H,3-4,13H2,1-2H3,(H,21,26). The summed E-state index contributed by atoms with van der Waals surface area (Å²) in [6.45, 7) is 0.222. The molecule has 10 nitrogen and oxygen atoms in total. The van der Waals surface area contributed by atoms with Gasteiger partial charge in [0.15, 0.2) is 0 Å². The van der Waals surface area contributed by atoms with Crippen molar-refractivity contribution < 1.29 is 17.9 Å². The van der Waals surface area contributed by atoms with Crippen molar-refractivity contribution in [3.8, 4) is 11.4 Å². The van der Waals surface area contributed by atoms with E-state index >= 15 is 0 Å². The number of amides is 1. The SMILES string of the molecule is COc1ccc(S(=O)(=O)N(C)CCCC(=O)Nc2ccc(-n3cnnn3)cc2)cc1. The van der Waals surface area contributed by atoms with Gasteiger partial charge in [0.1, 0.15) is 12.1 Å². The Labute approximate surface area is 174 Å². The minimum atomic E-state index is -3.62. The molecule has 158 valence electrons. The molecule has 1 N–H and O–H groups in total. The number of benzene rings is 2. The quantitative estimate of drug-likeness (QED) is 0.549. The Hall–Kier alpha value is -3.31. The molecule has 1 amide bonds. The molecule has 0 saturated carbocycles. The van der Waals surface area contributed by atoms with Crippen LogP contribution < -0.4 is 10.1 Å². The van der Waals surface area contributed by atoms with Gasteiger partial charge in [-0.25, -0.2) is 17.4 Å². The molecule has 11 heteroatoms. The van der Waals surface area contributed by atoms with Crippen LogP contribution in [-0.4, -0.2) is 59.5 Å². The maximum atomic E-state index is 12.6. The molecule has 0 atom stereocenters. The Bertz CT molecular complexity index is 1070. The molecule has 3 rings (SSSR count). The normalized spacial score (nSPS) is 11.4. The summed E-state index contributed by atoms with van der Waals surface area (Å²) in [6.07, 6.45) is 2.06. The van der Waals surface area contributed by atoms with Crippen molar-refractivity contribution in [3.05, 3.63) is 54.9 Å². The lowest BCUT2D eigenvalue weighted by atomic mass is 10.2. The topological polar surface area (TPSA) is 119 Å². The molecule has 3 aromatic rings. The van der Waals surface area contributed by atoms with E-state index in [0.29, 0.717) is 17.9 Å². The third-order valence-electron chi connectivity index (χ3n) is 4.41. The zero-order valence-corrected chi connectivity index (χ0v) is 17.4. The van der Waals surface area contributed by atoms with E-state index in [1.54, 1.807) is 36.4 Å². The fourth-order valence-electron chi connectivity index (χ4n) is 2.71. The first-order valence-electron chi connectivity index (χ1n) is 9.14. The number of hydrogen-bond acceptors (Lipinski definition) is 7. The number of methoxy groups -OCH3 is 1. The number of hydrogen-bond donors (Lipinski definition) is 1. The number of sulfonamides is 1. The number of ether oxygens (including phenoxy) is 1. The van der Waals surface area contributed by atoms with E-state index in [2.05, 4.69) is 20.8 Å². The van der Waals surface area contributed by atoms with Crippen molar-refractivity contribution in [2.75, 3.05) is 26.0 Å². The molecule has 0 unspecified atom stereocenters. The second-order valence-electron chi connectivity index (χ2n) is 6.46. The number of nitrogens with zero attached hydrogens (tertiary/aromatic N) is 5. The summed E-state index contributed by atoms with van der Waals surface area (Å²) in [6, 6.07) is 13.2. The molecule has 0 bridgehead atoms. The number of carbonyl (C=O) groups excluding carboxylic acids is 1. The molecule has 0 spiro atoms. The van der Waals surface area contributed by atoms with Crippen LogP contribution in [0.15, 0.2) is 59.8 Å². The predicted octanol–water partition coefficient (Wildman–Crippen LogP) is 1.71. The third-order valence-corrected chi connectivity index (χ3v) is 6.28. The van der Waals surface area contributed by atoms with Crippen LogP contribution in [0.4, 0.5) is 5.69 Å². The summed E-state index contributed by atoms with van der Waals surface area (Å²) in [7, 11) is -0.607. The summed E-state index contributed by atoms with van der Waals surface area (Å²) in [5.41, 5.74) is 1.40. The van der Waals surface area contributed by atoms with E-state index in [1.807, 2.05) is 0 Å². The van der Waals surface area contributed by atoms with Gasteiger partial charge in [-0.1, -0.05) is 0 Å². The van der Waals surface area contributed by atoms with Gasteiger partial charge >= 0.3 is 0 Å². The number of rotatable bonds is 9. The molecule has 0 aliphatic rings. The number of nitrogens with one attached hydrogen (secondary N) is 1. The van der Waals surface area contributed by atoms with Crippen LogP contribution in [0.2, 0.25) is 0 Å². The van der Waals surface area contributed by atoms with Gasteiger partial charge in [-0.3, -0.25) is 4.79 Å². The molecular formula is C19H22N6O4S. The zero-order valence-electron chi connectivity index (χ0n) is 16.6. The molecular weight excluding hydrogens is 408 g/mol. The second kappa shape index (κ2) is 9.46. The minimum absolute atomic E-state index is 0.179. The molecule has 0 fully saturated rings. The van der Waals surface area contributed by atoms with Crippen LogP contribution in [0, 0.1) is 0 Å². The van der Waals surface area contributed by atoms with Crippen LogP contribution in [0.25, 0.3) is 5.69 Å². The van der Waals surface area contributed by atoms with E-state index in [4.69, 9.17) is 4.74 Å². The van der Waals surface area contributed by atoms with E-state index in [0.717, 1.165) is 5.69 Å². The van der Waals surface area contributed by atoms with Crippen molar-refractivity contribution in [3.63, 3.8) is 0 Å². The van der Waals surface area contributed by atoms with E-state index in [9.17, 15) is 13.2 Å². The molecule has 0 aliphatic carbocycles. The Balaban J connectivity index is 1.48. The predicted molar refractivity (Wildman–Crippen MR) is 110 cm³/mol. The maximum Gasteiger partial charge on any atom is 0.242 e. The molecule has 30 heavy (non-hydrogen) atoms. The average Bonchev–Trinajstić information content (AvgIpc) is 3.29. The molecule has 0 aliphatic heterocycles. The molecule has 0 saturated heterocycles. The first-order chi connectivity index (χ1) is 14.4. The highest BCUT2D eigenvalue weighted by atomic mass is 32.2. The van der Waals surface area contributed by atoms with Crippen LogP contribution in [0.3, 0.4) is 0 Å². The summed E-state index contributed by atoms with van der Waals surface area (Å²) in [5, 5.41) is 13.7. The van der Waals surface area contributed by atoms with Crippen LogP contribution in [0.1, 0.15) is 12.8 Å². The Morgan fingerprint density at radius 3 is 2.43 bits per heavy atom. The van der Waals surface area contributed by atoms with Gasteiger partial charge in [0.25, 0.3) is 0 Å². The van der Waals surface area contributed by atoms with Crippen molar-refractivity contribution >= 4 is 21.6 Å². The summed E-state index contributed by atoms with van der Waals surface area (Å²) in [5.74, 6) is 0.389. The van der Waals surface area contributed by atoms with Gasteiger partial charge in [-0.15, -0.1) is 5.10 Å². The third kappa shape index (κ3) is 5.19. The molecule has 1 aromatic heterocycles. The molecule has 0 radical (unpaired) electrons. The zero-order chi connectivity index (χ0) is 21.6. The van der Waals surface area contributed by atoms with Crippen molar-refractivity contribution in [2.24, 2.45) is 0 Å². The van der Waals surface area contributed by atoms with Crippen molar-refractivity contribution in [1.29, 1.82) is 0 Å². The summed E-state index contributed by atoms with van der Waals surface area (Å²) < 4.78 is 33.0. The minimum Gasteiger partial charge on any atom is -0.497 e. The fourth-order valence-corrected chi connectivity index (χ4v) is 3.92. The number of aromatic nitrogens is 4. The number of anilines is 1. The summed E-state index contributed by atoms with van der Waals surface area (Å²) in [4.78, 5) is 12.3. The van der Waals surface area contributed by atoms with Crippen LogP contribution >= 0.6 is 0 Å². The van der Waals surface area contributed by atoms with Crippen LogP contribution in [-0.2, 0) is 14.8 Å². The summed E-state index contributed by atoms with van der Waals surface area (Å²) >= 11 is 0. The van der Waals surface area contributed by atoms with Crippen LogP contribution in [0.5, 0.6) is 5.75 Å². The molecule has 1 heterocycles. The molecule has 2 aromatic carbocycles. The Kier molecular flexibility index (Phi) is 6.75. The van der Waals surface area contributed by atoms with Gasteiger partial charge in [-0.05, 0) is 65.4 Å². The van der Waals surface area contributed by atoms with Gasteiger partial charge in [0, 0.05) is 25.7 Å². The van der Waals surface area contributed by atoms with E-state index < -0.39 is 10.0 Å². The Morgan fingerprint density at radius 1 is 1.13 bits per heavy atom. The number of carbonyl (C=O) groups is 1. The van der Waals surface area contributed by atoms with Gasteiger partial charge in [0.05, 0.1) is 17.7 Å². The highest BCUT2D eigenvalue weighted by molar-refractivity contribution is 7.89. The first kappa shape index (κ1) is 21.4. The monoisotopic (exact) mass is 430 g/mol. The van der Waals surface area contributed by atoms with Gasteiger partial charge in [0.2, 0.25) is 15.9 Å². The Morgan fingerprint density at radius 2 is 1.83 bits per heavy atom. The maximum absolute atomic E-state index is 12.6. The van der Waals surface area contributed by atoms with Crippen molar-refractivity contribution in [2.45, 2.75) is 17.7 Å². The highest BCUT2D eigenvalue weighted by Gasteiger charge is 2.20. The van der Waals surface area contributed by atoms with Crippen molar-refractivity contribution in [1.82, 2.24) is 24.5 Å². The van der Waals surface area contributed by atoms with Gasteiger partial charge < -0.3 is 10.1 Å². The second-order valence-corrected chi connectivity index (χ2v) is 8.50. The average molecular weight is 430 g/mol. The largest absolute Gasteiger partial charge is 0.497 e.